The van der Waals surface area contributed by atoms with Gasteiger partial charge in [0.25, 0.3) is 0 Å². The Bertz CT molecular complexity index is 891. The van der Waals surface area contributed by atoms with Gasteiger partial charge in [-0.2, -0.15) is 5.26 Å². The summed E-state index contributed by atoms with van der Waals surface area (Å²) in [4.78, 5) is 14.3. The number of morpholine rings is 1. The van der Waals surface area contributed by atoms with Crippen LogP contribution in [0.15, 0.2) is 36.4 Å². The summed E-state index contributed by atoms with van der Waals surface area (Å²) < 4.78 is 10.7. The third-order valence-electron chi connectivity index (χ3n) is 7.94. The molecule has 210 valence electrons. The number of ether oxygens (including phenoxy) is 2. The van der Waals surface area contributed by atoms with E-state index in [1.165, 1.54) is 0 Å². The van der Waals surface area contributed by atoms with Crippen LogP contribution in [0.2, 0.25) is 0 Å². The number of carbonyl (C=O) groups is 1. The number of hydrogen-bond acceptors (Lipinski definition) is 7. The van der Waals surface area contributed by atoms with E-state index in [4.69, 9.17) is 9.47 Å². The Labute approximate surface area is 228 Å². The van der Waals surface area contributed by atoms with E-state index in [9.17, 15) is 20.3 Å². The zero-order valence-electron chi connectivity index (χ0n) is 23.0. The molecule has 1 aliphatic heterocycles. The Hall–Kier alpha value is -2.24. The second kappa shape index (κ2) is 16.7. The largest absolute Gasteiger partial charge is 0.464 e. The van der Waals surface area contributed by atoms with Crippen molar-refractivity contribution < 1.29 is 24.5 Å². The molecule has 1 aromatic rings. The number of carbonyl (C=O) groups excluding carboxylic acids is 1. The van der Waals surface area contributed by atoms with Gasteiger partial charge in [0.15, 0.2) is 0 Å². The van der Waals surface area contributed by atoms with Crippen molar-refractivity contribution in [1.29, 1.82) is 5.26 Å². The van der Waals surface area contributed by atoms with E-state index in [1.54, 1.807) is 0 Å². The second-order valence-corrected chi connectivity index (χ2v) is 10.7. The van der Waals surface area contributed by atoms with E-state index in [0.29, 0.717) is 25.9 Å². The topological polar surface area (TPSA) is 103 Å². The molecule has 1 heterocycles. The van der Waals surface area contributed by atoms with Crippen molar-refractivity contribution in [3.05, 3.63) is 47.5 Å². The van der Waals surface area contributed by atoms with Gasteiger partial charge in [-0.3, -0.25) is 9.69 Å². The third kappa shape index (κ3) is 9.50. The summed E-state index contributed by atoms with van der Waals surface area (Å²) in [7, 11) is 0. The number of unbranched alkanes of at least 4 members (excludes halogenated alkanes) is 3. The van der Waals surface area contributed by atoms with E-state index in [0.717, 1.165) is 82.5 Å². The quantitative estimate of drug-likeness (QED) is 0.190. The molecule has 1 aromatic carbocycles. The summed E-state index contributed by atoms with van der Waals surface area (Å²) in [5, 5.41) is 31.0. The van der Waals surface area contributed by atoms with Gasteiger partial charge in [0, 0.05) is 32.0 Å². The highest BCUT2D eigenvalue weighted by Crippen LogP contribution is 2.45. The van der Waals surface area contributed by atoms with Crippen molar-refractivity contribution in [2.24, 2.45) is 11.8 Å². The number of esters is 1. The fraction of sp³-hybridized carbons (Fsp3) is 0.677. The first-order valence-electron chi connectivity index (χ1n) is 14.5. The molecule has 1 aliphatic carbocycles. The van der Waals surface area contributed by atoms with Crippen LogP contribution in [0.4, 0.5) is 0 Å². The van der Waals surface area contributed by atoms with Crippen molar-refractivity contribution in [1.82, 2.24) is 4.90 Å². The molecule has 0 aromatic heterocycles. The number of nitrogens with zero attached hydrogens (tertiary/aromatic N) is 2. The number of rotatable bonds is 15. The Morgan fingerprint density at radius 1 is 1.21 bits per heavy atom. The van der Waals surface area contributed by atoms with E-state index < -0.39 is 12.2 Å². The molecular formula is C31H46N2O5. The minimum atomic E-state index is -0.550. The SMILES string of the molecule is CCCCCC(O)c1ccc([C@@H]2[C@@H](C/C=C\CCCC(=O)OCCN3CCOCC3)[C@H](C#N)C[C@H]2O)cc1. The molecule has 7 heteroatoms. The molecule has 0 spiro atoms. The number of aliphatic hydroxyl groups excluding tert-OH is 2. The smallest absolute Gasteiger partial charge is 0.305 e. The summed E-state index contributed by atoms with van der Waals surface area (Å²) >= 11 is 0. The fourth-order valence-electron chi connectivity index (χ4n) is 5.66. The highest BCUT2D eigenvalue weighted by molar-refractivity contribution is 5.69. The molecule has 2 aliphatic rings. The van der Waals surface area contributed by atoms with Crippen LogP contribution >= 0.6 is 0 Å². The lowest BCUT2D eigenvalue weighted by Crippen LogP contribution is -2.38. The lowest BCUT2D eigenvalue weighted by atomic mass is 9.82. The minimum Gasteiger partial charge on any atom is -0.464 e. The van der Waals surface area contributed by atoms with Crippen molar-refractivity contribution in [2.75, 3.05) is 39.5 Å². The molecule has 1 unspecified atom stereocenters. The first-order valence-corrected chi connectivity index (χ1v) is 14.5. The summed E-state index contributed by atoms with van der Waals surface area (Å²) in [6.45, 7) is 6.60. The maximum atomic E-state index is 12.0. The zero-order valence-corrected chi connectivity index (χ0v) is 23.0. The maximum Gasteiger partial charge on any atom is 0.305 e. The maximum absolute atomic E-state index is 12.0. The van der Waals surface area contributed by atoms with E-state index in [2.05, 4.69) is 30.0 Å². The molecular weight excluding hydrogens is 480 g/mol. The van der Waals surface area contributed by atoms with Crippen LogP contribution in [0.3, 0.4) is 0 Å². The summed E-state index contributed by atoms with van der Waals surface area (Å²) in [6.07, 6.45) is 10.3. The normalized spacial score (nSPS) is 24.9. The van der Waals surface area contributed by atoms with Gasteiger partial charge in [-0.25, -0.2) is 0 Å². The first kappa shape index (κ1) is 30.3. The molecule has 3 rings (SSSR count). The number of nitriles is 1. The monoisotopic (exact) mass is 526 g/mol. The molecule has 1 saturated heterocycles. The standard InChI is InChI=1S/C31H46N2O5/c1-2-3-6-10-28(34)24-12-14-25(15-13-24)31-27(26(23-32)22-29(31)35)9-7-4-5-8-11-30(36)38-21-18-33-16-19-37-20-17-33/h4,7,12-15,26-29,31,34-35H,2-3,5-6,8-11,16-22H2,1H3/b7-4-/t26-,27-,28?,29+,31+/m0/s1. The Kier molecular flexibility index (Phi) is 13.3. The summed E-state index contributed by atoms with van der Waals surface area (Å²) in [5.41, 5.74) is 1.93. The fourth-order valence-corrected chi connectivity index (χ4v) is 5.66. The van der Waals surface area contributed by atoms with Crippen LogP contribution < -0.4 is 0 Å². The van der Waals surface area contributed by atoms with Crippen LogP contribution in [0, 0.1) is 23.2 Å². The van der Waals surface area contributed by atoms with E-state index >= 15 is 0 Å². The van der Waals surface area contributed by atoms with Crippen LogP contribution in [0.25, 0.3) is 0 Å². The van der Waals surface area contributed by atoms with Crippen molar-refractivity contribution in [2.45, 2.75) is 82.8 Å². The molecule has 0 amide bonds. The Morgan fingerprint density at radius 3 is 2.68 bits per heavy atom. The molecule has 1 saturated carbocycles. The van der Waals surface area contributed by atoms with Gasteiger partial charge in [0.1, 0.15) is 6.61 Å². The van der Waals surface area contributed by atoms with Crippen LogP contribution in [-0.4, -0.2) is 66.6 Å². The van der Waals surface area contributed by atoms with Crippen molar-refractivity contribution in [3.63, 3.8) is 0 Å². The predicted molar refractivity (Wildman–Crippen MR) is 147 cm³/mol. The molecule has 2 N–H and O–H groups in total. The Morgan fingerprint density at radius 2 is 1.97 bits per heavy atom. The number of benzene rings is 1. The molecule has 0 radical (unpaired) electrons. The highest BCUT2D eigenvalue weighted by Gasteiger charge is 2.42. The van der Waals surface area contributed by atoms with Gasteiger partial charge in [0.05, 0.1) is 37.4 Å². The average Bonchev–Trinajstić information content (AvgIpc) is 3.26. The number of allylic oxidation sites excluding steroid dienone is 2. The minimum absolute atomic E-state index is 0.0386. The molecule has 7 nitrogen and oxygen atoms in total. The van der Waals surface area contributed by atoms with Crippen LogP contribution in [-0.2, 0) is 14.3 Å². The molecule has 5 atom stereocenters. The van der Waals surface area contributed by atoms with Gasteiger partial charge in [0.2, 0.25) is 0 Å². The van der Waals surface area contributed by atoms with Crippen LogP contribution in [0.5, 0.6) is 0 Å². The number of aliphatic hydroxyl groups is 2. The molecule has 0 bridgehead atoms. The average molecular weight is 527 g/mol. The first-order chi connectivity index (χ1) is 18.5. The summed E-state index contributed by atoms with van der Waals surface area (Å²) in [6, 6.07) is 10.3. The van der Waals surface area contributed by atoms with Crippen molar-refractivity contribution >= 4 is 5.97 Å². The lowest BCUT2D eigenvalue weighted by Gasteiger charge is -2.26. The summed E-state index contributed by atoms with van der Waals surface area (Å²) in [5.74, 6) is -0.414. The zero-order chi connectivity index (χ0) is 27.2. The highest BCUT2D eigenvalue weighted by atomic mass is 16.5. The number of hydrogen-bond donors (Lipinski definition) is 2. The molecule has 2 fully saturated rings. The van der Waals surface area contributed by atoms with E-state index in [1.807, 2.05) is 24.3 Å². The van der Waals surface area contributed by atoms with Gasteiger partial charge >= 0.3 is 5.97 Å². The van der Waals surface area contributed by atoms with Gasteiger partial charge in [-0.15, -0.1) is 0 Å². The van der Waals surface area contributed by atoms with Crippen LogP contribution in [0.1, 0.15) is 87.9 Å². The van der Waals surface area contributed by atoms with Gasteiger partial charge in [-0.05, 0) is 49.1 Å². The predicted octanol–water partition coefficient (Wildman–Crippen LogP) is 4.90. The van der Waals surface area contributed by atoms with Crippen molar-refractivity contribution in [3.8, 4) is 6.07 Å². The third-order valence-corrected chi connectivity index (χ3v) is 7.94. The van der Waals surface area contributed by atoms with E-state index in [-0.39, 0.29) is 23.7 Å². The molecule has 38 heavy (non-hydrogen) atoms. The van der Waals surface area contributed by atoms with Gasteiger partial charge in [-0.1, -0.05) is 62.6 Å². The second-order valence-electron chi connectivity index (χ2n) is 10.7. The Balaban J connectivity index is 1.42. The van der Waals surface area contributed by atoms with Gasteiger partial charge < -0.3 is 19.7 Å². The lowest BCUT2D eigenvalue weighted by molar-refractivity contribution is -0.144.